The van der Waals surface area contributed by atoms with E-state index in [9.17, 15) is 5.11 Å². The Morgan fingerprint density at radius 2 is 1.83 bits per heavy atom. The first kappa shape index (κ1) is 22.6. The van der Waals surface area contributed by atoms with Crippen molar-refractivity contribution >= 4 is 0 Å². The van der Waals surface area contributed by atoms with Crippen molar-refractivity contribution in [2.24, 2.45) is 40.4 Å². The van der Waals surface area contributed by atoms with Crippen LogP contribution >= 0.6 is 0 Å². The molecular weight excluding hydrogens is 364 g/mol. The molecule has 4 aliphatic rings. The molecule has 1 unspecified atom stereocenters. The van der Waals surface area contributed by atoms with Crippen LogP contribution in [0.1, 0.15) is 112 Å². The van der Waals surface area contributed by atoms with Gasteiger partial charge in [-0.15, -0.1) is 0 Å². The van der Waals surface area contributed by atoms with Crippen LogP contribution < -0.4 is 0 Å². The van der Waals surface area contributed by atoms with Crippen molar-refractivity contribution in [1.29, 1.82) is 0 Å². The summed E-state index contributed by atoms with van der Waals surface area (Å²) in [5, 5.41) is 10.2. The third-order valence-corrected chi connectivity index (χ3v) is 10.7. The molecule has 0 bridgehead atoms. The van der Waals surface area contributed by atoms with E-state index in [4.69, 9.17) is 0 Å². The van der Waals surface area contributed by atoms with E-state index in [0.29, 0.717) is 5.41 Å². The summed E-state index contributed by atoms with van der Waals surface area (Å²) in [6.45, 7) is 15.0. The van der Waals surface area contributed by atoms with Gasteiger partial charge < -0.3 is 5.11 Å². The summed E-state index contributed by atoms with van der Waals surface area (Å²) in [6.07, 6.45) is 16.5. The summed E-state index contributed by atoms with van der Waals surface area (Å²) < 4.78 is 0. The van der Waals surface area contributed by atoms with Gasteiger partial charge >= 0.3 is 0 Å². The second-order valence-electron chi connectivity index (χ2n) is 12.4. The number of aliphatic hydroxyl groups excluding tert-OH is 1. The molecule has 0 radical (unpaired) electrons. The molecule has 4 aliphatic carbocycles. The zero-order valence-electron chi connectivity index (χ0n) is 20.8. The van der Waals surface area contributed by atoms with Crippen molar-refractivity contribution in [3.05, 3.63) is 22.8 Å². The molecule has 0 aliphatic heterocycles. The number of hydrogen-bond acceptors (Lipinski definition) is 1. The van der Waals surface area contributed by atoms with Crippen molar-refractivity contribution in [1.82, 2.24) is 0 Å². The second-order valence-corrected chi connectivity index (χ2v) is 12.4. The highest BCUT2D eigenvalue weighted by atomic mass is 16.3. The highest BCUT2D eigenvalue weighted by Gasteiger charge is 2.54. The zero-order chi connectivity index (χ0) is 21.7. The van der Waals surface area contributed by atoms with Crippen molar-refractivity contribution in [2.45, 2.75) is 118 Å². The highest BCUT2D eigenvalue weighted by Crippen LogP contribution is 2.65. The summed E-state index contributed by atoms with van der Waals surface area (Å²) in [7, 11) is 0. The Hall–Kier alpha value is -0.560. The second kappa shape index (κ2) is 8.42. The molecular formula is C29H48O. The number of rotatable bonds is 6. The molecule has 0 spiro atoms. The molecule has 1 N–H and O–H groups in total. The SMILES string of the molecule is CCC(CC[C@@H](C)[C@H]1CC[C@H]2C3=C(CC[C@]12C)[C@@]1(C)CC[C@H](O)CC1=CC3)C(C)C. The average Bonchev–Trinajstić information content (AvgIpc) is 3.06. The molecule has 0 aromatic heterocycles. The summed E-state index contributed by atoms with van der Waals surface area (Å²) in [6, 6.07) is 0. The van der Waals surface area contributed by atoms with Crippen LogP contribution in [0.5, 0.6) is 0 Å². The normalized spacial score (nSPS) is 40.5. The average molecular weight is 413 g/mol. The van der Waals surface area contributed by atoms with Crippen LogP contribution in [0.2, 0.25) is 0 Å². The fourth-order valence-electron chi connectivity index (χ4n) is 8.56. The first-order valence-electron chi connectivity index (χ1n) is 13.3. The van der Waals surface area contributed by atoms with Crippen molar-refractivity contribution in [3.63, 3.8) is 0 Å². The summed E-state index contributed by atoms with van der Waals surface area (Å²) in [5.74, 6) is 4.33. The number of fused-ring (bicyclic) bond motifs is 4. The van der Waals surface area contributed by atoms with E-state index < -0.39 is 0 Å². The molecule has 1 nitrogen and oxygen atoms in total. The van der Waals surface area contributed by atoms with Gasteiger partial charge in [0, 0.05) is 5.41 Å². The maximum Gasteiger partial charge on any atom is 0.0578 e. The lowest BCUT2D eigenvalue weighted by Crippen LogP contribution is -2.42. The molecule has 2 fully saturated rings. The molecule has 0 amide bonds. The number of aliphatic hydroxyl groups is 1. The van der Waals surface area contributed by atoms with Gasteiger partial charge in [0.25, 0.3) is 0 Å². The van der Waals surface area contributed by atoms with Gasteiger partial charge in [-0.05, 0) is 92.8 Å². The quantitative estimate of drug-likeness (QED) is 0.437. The Balaban J connectivity index is 1.51. The van der Waals surface area contributed by atoms with Crippen molar-refractivity contribution in [3.8, 4) is 0 Å². The van der Waals surface area contributed by atoms with Gasteiger partial charge in [-0.25, -0.2) is 0 Å². The summed E-state index contributed by atoms with van der Waals surface area (Å²) in [5.41, 5.74) is 6.01. The van der Waals surface area contributed by atoms with Crippen LogP contribution in [0.4, 0.5) is 0 Å². The van der Waals surface area contributed by atoms with Gasteiger partial charge in [-0.2, -0.15) is 0 Å². The first-order chi connectivity index (χ1) is 14.2. The van der Waals surface area contributed by atoms with Crippen LogP contribution in [0.3, 0.4) is 0 Å². The Morgan fingerprint density at radius 1 is 1.07 bits per heavy atom. The standard InChI is InChI=1S/C29H48O/c1-7-21(19(2)3)9-8-20(4)25-12-13-26-24-11-10-22-18-23(30)14-16-28(22,5)27(24)15-17-29(25,26)6/h10,19-21,23,25-26,30H,7-9,11-18H2,1-6H3/t20-,21?,23+,25-,26+,28+,29-/m1/s1. The van der Waals surface area contributed by atoms with Crippen LogP contribution in [0.25, 0.3) is 0 Å². The van der Waals surface area contributed by atoms with E-state index in [-0.39, 0.29) is 11.5 Å². The monoisotopic (exact) mass is 412 g/mol. The topological polar surface area (TPSA) is 20.2 Å². The molecule has 170 valence electrons. The minimum absolute atomic E-state index is 0.102. The zero-order valence-corrected chi connectivity index (χ0v) is 20.8. The van der Waals surface area contributed by atoms with Gasteiger partial charge in [0.2, 0.25) is 0 Å². The molecule has 0 aromatic carbocycles. The van der Waals surface area contributed by atoms with E-state index in [1.165, 1.54) is 51.4 Å². The molecule has 0 aromatic rings. The number of allylic oxidation sites excluding steroid dienone is 3. The summed E-state index contributed by atoms with van der Waals surface area (Å²) >= 11 is 0. The van der Waals surface area contributed by atoms with Crippen LogP contribution in [0, 0.1) is 40.4 Å². The maximum atomic E-state index is 10.2. The fraction of sp³-hybridized carbons (Fsp3) is 0.862. The van der Waals surface area contributed by atoms with Gasteiger partial charge in [0.15, 0.2) is 0 Å². The molecule has 0 saturated heterocycles. The number of hydrogen-bond donors (Lipinski definition) is 1. The van der Waals surface area contributed by atoms with E-state index in [2.05, 4.69) is 47.6 Å². The maximum absolute atomic E-state index is 10.2. The van der Waals surface area contributed by atoms with E-state index in [1.54, 1.807) is 5.57 Å². The Labute approximate surface area is 186 Å². The predicted octanol–water partition coefficient (Wildman–Crippen LogP) is 8.09. The molecule has 1 heteroatoms. The Bertz CT molecular complexity index is 699. The molecule has 30 heavy (non-hydrogen) atoms. The first-order valence-corrected chi connectivity index (χ1v) is 13.3. The van der Waals surface area contributed by atoms with Gasteiger partial charge in [-0.1, -0.05) is 77.2 Å². The Morgan fingerprint density at radius 3 is 2.53 bits per heavy atom. The van der Waals surface area contributed by atoms with Gasteiger partial charge in [0.05, 0.1) is 6.10 Å². The smallest absolute Gasteiger partial charge is 0.0578 e. The minimum Gasteiger partial charge on any atom is -0.393 e. The largest absolute Gasteiger partial charge is 0.393 e. The van der Waals surface area contributed by atoms with Crippen LogP contribution in [-0.2, 0) is 0 Å². The van der Waals surface area contributed by atoms with Crippen molar-refractivity contribution in [2.75, 3.05) is 0 Å². The Kier molecular flexibility index (Phi) is 6.35. The predicted molar refractivity (Wildman–Crippen MR) is 128 cm³/mol. The lowest BCUT2D eigenvalue weighted by molar-refractivity contribution is 0.0845. The molecule has 7 atom stereocenters. The van der Waals surface area contributed by atoms with Crippen LogP contribution in [0.15, 0.2) is 22.8 Å². The molecule has 2 saturated carbocycles. The van der Waals surface area contributed by atoms with Gasteiger partial charge in [0.1, 0.15) is 0 Å². The summed E-state index contributed by atoms with van der Waals surface area (Å²) in [4.78, 5) is 0. The lowest BCUT2D eigenvalue weighted by Gasteiger charge is -2.52. The van der Waals surface area contributed by atoms with Crippen LogP contribution in [-0.4, -0.2) is 11.2 Å². The van der Waals surface area contributed by atoms with Gasteiger partial charge in [-0.3, -0.25) is 0 Å². The highest BCUT2D eigenvalue weighted by molar-refractivity contribution is 5.43. The third kappa shape index (κ3) is 3.66. The third-order valence-electron chi connectivity index (χ3n) is 10.7. The van der Waals surface area contributed by atoms with E-state index in [1.807, 2.05) is 11.1 Å². The molecule has 0 heterocycles. The lowest BCUT2D eigenvalue weighted by atomic mass is 9.53. The van der Waals surface area contributed by atoms with E-state index in [0.717, 1.165) is 48.9 Å². The fourth-order valence-corrected chi connectivity index (χ4v) is 8.56. The molecule has 4 rings (SSSR count). The van der Waals surface area contributed by atoms with Crippen molar-refractivity contribution < 1.29 is 5.11 Å². The van der Waals surface area contributed by atoms with E-state index >= 15 is 0 Å². The minimum atomic E-state index is -0.102.